The molecule has 1 aromatic rings. The molecule has 0 N–H and O–H groups in total. The fraction of sp³-hybridized carbons (Fsp3) is 0.273. The van der Waals surface area contributed by atoms with Gasteiger partial charge in [0.25, 0.3) is 0 Å². The van der Waals surface area contributed by atoms with E-state index in [4.69, 9.17) is 0 Å². The highest BCUT2D eigenvalue weighted by Gasteiger charge is 2.52. The van der Waals surface area contributed by atoms with Gasteiger partial charge in [-0.3, -0.25) is 9.59 Å². The van der Waals surface area contributed by atoms with Gasteiger partial charge in [-0.2, -0.15) is 0 Å². The molecular weight excluding hydrogens is 392 g/mol. The Morgan fingerprint density at radius 2 is 1.59 bits per heavy atom. The van der Waals surface area contributed by atoms with E-state index in [1.54, 1.807) is 13.8 Å². The number of carbonyl (C=O) groups is 2. The topological polar surface area (TPSA) is 34.1 Å². The second-order valence-electron chi connectivity index (χ2n) is 6.92. The maximum atomic E-state index is 11.9. The minimum absolute atomic E-state index is 0.00225. The van der Waals surface area contributed by atoms with Gasteiger partial charge in [-0.05, 0) is 84.7 Å². The Morgan fingerprint density at radius 3 is 2.22 bits per heavy atom. The number of allylic oxidation sites excluding steroid dienone is 3. The predicted molar refractivity (Wildman–Crippen MR) is 118 cm³/mol. The van der Waals surface area contributed by atoms with Crippen LogP contribution in [0.2, 0.25) is 0 Å². The lowest BCUT2D eigenvalue weighted by molar-refractivity contribution is -0.108. The quantitative estimate of drug-likeness (QED) is 0.305. The molecule has 2 atom stereocenters. The first kappa shape index (κ1) is 20.3. The van der Waals surface area contributed by atoms with E-state index >= 15 is 0 Å². The van der Waals surface area contributed by atoms with Crippen LogP contribution >= 0.6 is 35.3 Å². The molecule has 0 aromatic heterocycles. The summed E-state index contributed by atoms with van der Waals surface area (Å²) < 4.78 is 0.0940. The Bertz CT molecular complexity index is 864. The molecule has 3 rings (SSSR count). The molecule has 0 saturated heterocycles. The molecule has 0 radical (unpaired) electrons. The summed E-state index contributed by atoms with van der Waals surface area (Å²) in [6.45, 7) is 10.9. The summed E-state index contributed by atoms with van der Waals surface area (Å²) in [6, 6.07) is 8.13. The van der Waals surface area contributed by atoms with Crippen molar-refractivity contribution >= 4 is 45.5 Å². The van der Waals surface area contributed by atoms with Crippen molar-refractivity contribution in [1.82, 2.24) is 0 Å². The zero-order valence-electron chi connectivity index (χ0n) is 15.5. The van der Waals surface area contributed by atoms with Crippen molar-refractivity contribution in [2.75, 3.05) is 0 Å². The Balaban J connectivity index is 1.64. The lowest BCUT2D eigenvalue weighted by Crippen LogP contribution is -2.00. The average molecular weight is 415 g/mol. The lowest BCUT2D eigenvalue weighted by atomic mass is 10.3. The van der Waals surface area contributed by atoms with Gasteiger partial charge in [0.1, 0.15) is 0 Å². The van der Waals surface area contributed by atoms with E-state index in [2.05, 4.69) is 43.5 Å². The Kier molecular flexibility index (Phi) is 6.24. The minimum atomic E-state index is 0.00225. The van der Waals surface area contributed by atoms with Crippen LogP contribution in [-0.4, -0.2) is 15.0 Å². The van der Waals surface area contributed by atoms with Crippen molar-refractivity contribution in [2.45, 2.75) is 41.2 Å². The van der Waals surface area contributed by atoms with Crippen LogP contribution < -0.4 is 0 Å². The third kappa shape index (κ3) is 5.09. The lowest BCUT2D eigenvalue weighted by Gasteiger charge is -2.11. The summed E-state index contributed by atoms with van der Waals surface area (Å²) in [5, 5.41) is 0.0512. The van der Waals surface area contributed by atoms with Crippen LogP contribution in [0.15, 0.2) is 81.5 Å². The van der Waals surface area contributed by atoms with E-state index in [0.717, 1.165) is 22.6 Å². The van der Waals surface area contributed by atoms with Gasteiger partial charge in [0.15, 0.2) is 0 Å². The van der Waals surface area contributed by atoms with E-state index in [-0.39, 0.29) is 15.0 Å². The number of rotatable bonds is 6. The summed E-state index contributed by atoms with van der Waals surface area (Å²) in [5.41, 5.74) is 1.15. The molecule has 5 heteroatoms. The predicted octanol–water partition coefficient (Wildman–Crippen LogP) is 6.41. The van der Waals surface area contributed by atoms with Crippen molar-refractivity contribution in [1.29, 1.82) is 0 Å². The number of carbonyl (C=O) groups excluding carboxylic acids is 2. The SMILES string of the molecule is C=C(C)C(=O)SC1=CC2CC2(Sc2ccc(SC(=O)C(=C)C)cc2)C=CC1. The van der Waals surface area contributed by atoms with Crippen LogP contribution in [0, 0.1) is 5.92 Å². The van der Waals surface area contributed by atoms with Crippen molar-refractivity contribution < 1.29 is 9.59 Å². The highest BCUT2D eigenvalue weighted by molar-refractivity contribution is 8.17. The van der Waals surface area contributed by atoms with Gasteiger partial charge < -0.3 is 0 Å². The van der Waals surface area contributed by atoms with Crippen LogP contribution in [0.3, 0.4) is 0 Å². The van der Waals surface area contributed by atoms with Gasteiger partial charge >= 0.3 is 0 Å². The van der Waals surface area contributed by atoms with E-state index in [1.807, 2.05) is 23.9 Å². The van der Waals surface area contributed by atoms with E-state index in [9.17, 15) is 9.59 Å². The highest BCUT2D eigenvalue weighted by atomic mass is 32.2. The van der Waals surface area contributed by atoms with Gasteiger partial charge in [0.2, 0.25) is 10.2 Å². The van der Waals surface area contributed by atoms with E-state index in [0.29, 0.717) is 17.1 Å². The van der Waals surface area contributed by atoms with Gasteiger partial charge in [0.05, 0.1) is 0 Å². The minimum Gasteiger partial charge on any atom is -0.282 e. The number of hydrogen-bond donors (Lipinski definition) is 0. The van der Waals surface area contributed by atoms with Gasteiger partial charge in [-0.25, -0.2) is 0 Å². The van der Waals surface area contributed by atoms with Crippen LogP contribution in [0.5, 0.6) is 0 Å². The molecule has 27 heavy (non-hydrogen) atoms. The zero-order chi connectivity index (χ0) is 19.6. The standard InChI is InChI=1S/C22H22O2S3/c1-14(2)20(23)25-17-7-9-18(10-8-17)27-22-11-5-6-19(12-16(22)13-22)26-21(24)15(3)4/h5,7-12,16H,1,3,6,13H2,2,4H3. The molecule has 1 saturated carbocycles. The van der Waals surface area contributed by atoms with Crippen molar-refractivity contribution in [3.8, 4) is 0 Å². The number of hydrogen-bond acceptors (Lipinski definition) is 5. The Morgan fingerprint density at radius 1 is 1.00 bits per heavy atom. The molecule has 0 amide bonds. The average Bonchev–Trinajstić information content (AvgIpc) is 3.29. The van der Waals surface area contributed by atoms with E-state index in [1.165, 1.54) is 28.4 Å². The normalized spacial score (nSPS) is 23.0. The maximum Gasteiger partial charge on any atom is 0.219 e. The van der Waals surface area contributed by atoms with Crippen LogP contribution in [0.25, 0.3) is 0 Å². The molecule has 140 valence electrons. The molecule has 2 aliphatic carbocycles. The fourth-order valence-corrected chi connectivity index (χ4v) is 5.61. The summed E-state index contributed by atoms with van der Waals surface area (Å²) in [5.74, 6) is 0.459. The largest absolute Gasteiger partial charge is 0.282 e. The summed E-state index contributed by atoms with van der Waals surface area (Å²) in [6.07, 6.45) is 8.63. The first-order valence-corrected chi connectivity index (χ1v) is 11.2. The second kappa shape index (κ2) is 8.29. The van der Waals surface area contributed by atoms with E-state index < -0.39 is 0 Å². The van der Waals surface area contributed by atoms with Crippen molar-refractivity contribution in [2.24, 2.45) is 5.92 Å². The van der Waals surface area contributed by atoms with Crippen molar-refractivity contribution in [3.05, 3.63) is 71.7 Å². The molecule has 1 aromatic carbocycles. The van der Waals surface area contributed by atoms with Crippen LogP contribution in [0.1, 0.15) is 26.7 Å². The van der Waals surface area contributed by atoms with Gasteiger partial charge in [0, 0.05) is 14.5 Å². The molecule has 2 nitrogen and oxygen atoms in total. The third-order valence-electron chi connectivity index (χ3n) is 4.38. The molecule has 0 heterocycles. The van der Waals surface area contributed by atoms with Gasteiger partial charge in [-0.1, -0.05) is 43.1 Å². The summed E-state index contributed by atoms with van der Waals surface area (Å²) in [4.78, 5) is 26.9. The maximum absolute atomic E-state index is 11.9. The van der Waals surface area contributed by atoms with Gasteiger partial charge in [-0.15, -0.1) is 11.8 Å². The zero-order valence-corrected chi connectivity index (χ0v) is 17.9. The summed E-state index contributed by atoms with van der Waals surface area (Å²) >= 11 is 4.38. The molecule has 1 fully saturated rings. The Hall–Kier alpha value is -1.43. The monoisotopic (exact) mass is 414 g/mol. The number of thioether (sulfide) groups is 3. The van der Waals surface area contributed by atoms with Crippen molar-refractivity contribution in [3.63, 3.8) is 0 Å². The number of benzene rings is 1. The fourth-order valence-electron chi connectivity index (χ4n) is 2.77. The first-order valence-electron chi connectivity index (χ1n) is 8.72. The van der Waals surface area contributed by atoms with Crippen LogP contribution in [0.4, 0.5) is 0 Å². The number of fused-ring (bicyclic) bond motifs is 1. The second-order valence-corrected chi connectivity index (χ2v) is 10.5. The first-order chi connectivity index (χ1) is 12.8. The highest BCUT2D eigenvalue weighted by Crippen LogP contribution is 2.60. The molecule has 0 bridgehead atoms. The summed E-state index contributed by atoms with van der Waals surface area (Å²) in [7, 11) is 0. The molecule has 2 aliphatic rings. The Labute approximate surface area is 173 Å². The molecular formula is C22H22O2S3. The smallest absolute Gasteiger partial charge is 0.219 e. The van der Waals surface area contributed by atoms with Crippen LogP contribution in [-0.2, 0) is 9.59 Å². The molecule has 2 unspecified atom stereocenters. The third-order valence-corrected chi connectivity index (χ3v) is 8.01. The molecule has 0 spiro atoms. The molecule has 0 aliphatic heterocycles.